The van der Waals surface area contributed by atoms with E-state index in [1.54, 1.807) is 0 Å². The summed E-state index contributed by atoms with van der Waals surface area (Å²) in [6.45, 7) is 10.3. The Labute approximate surface area is 278 Å². The van der Waals surface area contributed by atoms with Gasteiger partial charge in [0.05, 0.1) is 0 Å². The summed E-state index contributed by atoms with van der Waals surface area (Å²) in [6.07, 6.45) is 31.9. The molecule has 44 heavy (non-hydrogen) atoms. The largest absolute Gasteiger partial charge is 0.356 e. The van der Waals surface area contributed by atoms with Crippen molar-refractivity contribution in [1.29, 1.82) is 0 Å². The molecule has 2 heterocycles. The van der Waals surface area contributed by atoms with Crippen molar-refractivity contribution in [3.8, 4) is 0 Å². The zero-order valence-electron chi connectivity index (χ0n) is 28.0. The minimum absolute atomic E-state index is 0.213. The number of nitrogens with one attached hydrogen (secondary N) is 2. The smallest absolute Gasteiger partial charge is 0.219 e. The van der Waals surface area contributed by atoms with Crippen LogP contribution >= 0.6 is 21.6 Å². The Bertz CT molecular complexity index is 806. The van der Waals surface area contributed by atoms with Crippen molar-refractivity contribution in [2.24, 2.45) is 0 Å². The van der Waals surface area contributed by atoms with Gasteiger partial charge < -0.3 is 20.4 Å². The lowest BCUT2D eigenvalue weighted by molar-refractivity contribution is -0.122. The first-order chi connectivity index (χ1) is 21.7. The van der Waals surface area contributed by atoms with Gasteiger partial charge >= 0.3 is 0 Å². The Morgan fingerprint density at radius 3 is 1.82 bits per heavy atom. The van der Waals surface area contributed by atoms with Crippen LogP contribution in [0.2, 0.25) is 0 Å². The second kappa shape index (κ2) is 28.0. The molecule has 0 aliphatic carbocycles. The Morgan fingerprint density at radius 2 is 1.23 bits per heavy atom. The topological polar surface area (TPSA) is 64.7 Å². The van der Waals surface area contributed by atoms with E-state index in [9.17, 15) is 9.59 Å². The van der Waals surface area contributed by atoms with Gasteiger partial charge in [0, 0.05) is 63.1 Å². The Morgan fingerprint density at radius 1 is 0.682 bits per heavy atom. The van der Waals surface area contributed by atoms with Gasteiger partial charge in [-0.05, 0) is 83.7 Å². The van der Waals surface area contributed by atoms with Crippen molar-refractivity contribution in [2.75, 3.05) is 58.1 Å². The predicted octanol–water partition coefficient (Wildman–Crippen LogP) is 7.92. The first-order valence-corrected chi connectivity index (χ1v) is 20.3. The fourth-order valence-corrected chi connectivity index (χ4v) is 8.63. The highest BCUT2D eigenvalue weighted by molar-refractivity contribution is 8.77. The van der Waals surface area contributed by atoms with Gasteiger partial charge in [0.15, 0.2) is 0 Å². The lowest BCUT2D eigenvalue weighted by atomic mass is 10.1. The van der Waals surface area contributed by atoms with E-state index in [-0.39, 0.29) is 11.8 Å². The number of nitrogens with zero attached hydrogens (tertiary/aromatic N) is 2. The van der Waals surface area contributed by atoms with Crippen molar-refractivity contribution in [2.45, 2.75) is 121 Å². The first kappa shape index (κ1) is 39.0. The van der Waals surface area contributed by atoms with E-state index in [1.807, 2.05) is 21.6 Å². The van der Waals surface area contributed by atoms with Crippen molar-refractivity contribution < 1.29 is 9.59 Å². The highest BCUT2D eigenvalue weighted by Crippen LogP contribution is 2.39. The summed E-state index contributed by atoms with van der Waals surface area (Å²) in [6, 6.07) is 0. The number of hydrogen-bond donors (Lipinski definition) is 2. The van der Waals surface area contributed by atoms with Crippen LogP contribution in [-0.2, 0) is 9.59 Å². The fraction of sp³-hybridized carbons (Fsp3) is 0.778. The predicted molar refractivity (Wildman–Crippen MR) is 194 cm³/mol. The molecule has 2 aliphatic heterocycles. The molecular weight excluding hydrogens is 585 g/mol. The zero-order valence-corrected chi connectivity index (χ0v) is 29.6. The first-order valence-electron chi connectivity index (χ1n) is 17.9. The molecule has 2 amide bonds. The Kier molecular flexibility index (Phi) is 24.8. The van der Waals surface area contributed by atoms with E-state index in [0.717, 1.165) is 115 Å². The van der Waals surface area contributed by atoms with Crippen LogP contribution < -0.4 is 10.6 Å². The summed E-state index contributed by atoms with van der Waals surface area (Å²) in [7, 11) is 4.03. The van der Waals surface area contributed by atoms with Crippen LogP contribution in [0.25, 0.3) is 0 Å². The summed E-state index contributed by atoms with van der Waals surface area (Å²) < 4.78 is 0. The third-order valence-corrected chi connectivity index (χ3v) is 11.4. The molecule has 0 bridgehead atoms. The van der Waals surface area contributed by atoms with Gasteiger partial charge in [0.25, 0.3) is 0 Å². The molecule has 0 saturated carbocycles. The molecule has 6 nitrogen and oxygen atoms in total. The lowest BCUT2D eigenvalue weighted by Gasteiger charge is -2.34. The quantitative estimate of drug-likeness (QED) is 0.0565. The summed E-state index contributed by atoms with van der Waals surface area (Å²) in [5.41, 5.74) is 0. The van der Waals surface area contributed by atoms with E-state index in [4.69, 9.17) is 0 Å². The SMILES string of the molecule is CCC=CCC=CCC=CCCCCCCCC(=O)NCCCN1CCN(CCCNC(=O)CCCC[C@@H]2CCSS2)CC1. The van der Waals surface area contributed by atoms with Crippen LogP contribution in [0, 0.1) is 0 Å². The number of piperazine rings is 1. The minimum atomic E-state index is 0.213. The highest BCUT2D eigenvalue weighted by atomic mass is 33.1. The van der Waals surface area contributed by atoms with Gasteiger partial charge in [-0.2, -0.15) is 0 Å². The van der Waals surface area contributed by atoms with Gasteiger partial charge in [0.1, 0.15) is 0 Å². The highest BCUT2D eigenvalue weighted by Gasteiger charge is 2.17. The second-order valence-electron chi connectivity index (χ2n) is 12.3. The fourth-order valence-electron chi connectivity index (χ4n) is 5.60. The normalized spacial score (nSPS) is 18.2. The summed E-state index contributed by atoms with van der Waals surface area (Å²) in [5.74, 6) is 1.73. The molecule has 252 valence electrons. The lowest BCUT2D eigenvalue weighted by Crippen LogP contribution is -2.47. The zero-order chi connectivity index (χ0) is 31.3. The van der Waals surface area contributed by atoms with Crippen molar-refractivity contribution in [1.82, 2.24) is 20.4 Å². The number of unbranched alkanes of at least 4 members (excludes halogenated alkanes) is 6. The number of allylic oxidation sites excluding steroid dienone is 6. The van der Waals surface area contributed by atoms with Crippen molar-refractivity contribution in [3.63, 3.8) is 0 Å². The summed E-state index contributed by atoms with van der Waals surface area (Å²) in [5, 5.41) is 7.06. The van der Waals surface area contributed by atoms with Crippen LogP contribution in [0.4, 0.5) is 0 Å². The molecule has 2 fully saturated rings. The van der Waals surface area contributed by atoms with Crippen molar-refractivity contribution in [3.05, 3.63) is 36.5 Å². The maximum atomic E-state index is 12.2. The average Bonchev–Trinajstić information content (AvgIpc) is 3.56. The third kappa shape index (κ3) is 22.3. The number of carbonyl (C=O) groups excluding carboxylic acids is 2. The van der Waals surface area contributed by atoms with Crippen LogP contribution in [0.5, 0.6) is 0 Å². The third-order valence-electron chi connectivity index (χ3n) is 8.37. The van der Waals surface area contributed by atoms with E-state index in [2.05, 4.69) is 63.8 Å². The van der Waals surface area contributed by atoms with Crippen LogP contribution in [0.1, 0.15) is 116 Å². The van der Waals surface area contributed by atoms with E-state index in [1.165, 1.54) is 44.3 Å². The Hall–Kier alpha value is -1.22. The van der Waals surface area contributed by atoms with E-state index >= 15 is 0 Å². The molecule has 0 aromatic rings. The van der Waals surface area contributed by atoms with Gasteiger partial charge in [0.2, 0.25) is 11.8 Å². The molecule has 8 heteroatoms. The van der Waals surface area contributed by atoms with Crippen LogP contribution in [0.15, 0.2) is 36.5 Å². The molecule has 2 saturated heterocycles. The number of carbonyl (C=O) groups is 2. The number of amides is 2. The summed E-state index contributed by atoms with van der Waals surface area (Å²) in [4.78, 5) is 29.3. The van der Waals surface area contributed by atoms with Gasteiger partial charge in [-0.1, -0.05) is 90.7 Å². The molecule has 2 N–H and O–H groups in total. The van der Waals surface area contributed by atoms with Gasteiger partial charge in [-0.25, -0.2) is 0 Å². The van der Waals surface area contributed by atoms with Crippen LogP contribution in [0.3, 0.4) is 0 Å². The average molecular weight is 649 g/mol. The Balaban J connectivity index is 1.31. The molecule has 1 atom stereocenters. The molecule has 0 aromatic heterocycles. The van der Waals surface area contributed by atoms with Gasteiger partial charge in [-0.15, -0.1) is 0 Å². The van der Waals surface area contributed by atoms with Crippen LogP contribution in [-0.4, -0.2) is 85.0 Å². The number of rotatable bonds is 26. The molecule has 0 unspecified atom stereocenters. The number of hydrogen-bond acceptors (Lipinski definition) is 6. The maximum Gasteiger partial charge on any atom is 0.219 e. The standard InChI is InChI=1S/C36H64N4O2S2/c1-2-3-4-5-6-7-8-9-10-11-12-13-14-15-16-22-35(41)37-25-19-27-39-29-31-40(32-30-39)28-20-26-38-36(42)23-18-17-21-34-24-33-43-44-34/h3-4,6-7,9-10,34H,2,5,8,11-33H2,1H3,(H,37,41)(H,38,42)/t34-/m1/s1. The second-order valence-corrected chi connectivity index (χ2v) is 15.1. The molecule has 0 spiro atoms. The molecular formula is C36H64N4O2S2. The summed E-state index contributed by atoms with van der Waals surface area (Å²) >= 11 is 0. The maximum absolute atomic E-state index is 12.2. The molecule has 0 radical (unpaired) electrons. The van der Waals surface area contributed by atoms with Gasteiger partial charge in [-0.3, -0.25) is 9.59 Å². The van der Waals surface area contributed by atoms with E-state index in [0.29, 0.717) is 12.8 Å². The van der Waals surface area contributed by atoms with E-state index < -0.39 is 0 Å². The molecule has 0 aromatic carbocycles. The van der Waals surface area contributed by atoms with Crippen molar-refractivity contribution >= 4 is 33.4 Å². The molecule has 2 rings (SSSR count). The molecule has 2 aliphatic rings. The monoisotopic (exact) mass is 648 g/mol. The minimum Gasteiger partial charge on any atom is -0.356 e.